The number of aliphatic hydroxyl groups is 1. The van der Waals surface area contributed by atoms with Gasteiger partial charge in [-0.15, -0.1) is 0 Å². The number of aliphatic hydroxyl groups excluding tert-OH is 1. The first-order valence-electron chi connectivity index (χ1n) is 8.89. The highest BCUT2D eigenvalue weighted by molar-refractivity contribution is 5.98. The van der Waals surface area contributed by atoms with Gasteiger partial charge in [0.2, 0.25) is 0 Å². The molecule has 1 atom stereocenters. The molecule has 27 heavy (non-hydrogen) atoms. The van der Waals surface area contributed by atoms with Gasteiger partial charge in [0.1, 0.15) is 0 Å². The molecule has 0 spiro atoms. The van der Waals surface area contributed by atoms with Gasteiger partial charge in [0, 0.05) is 35.2 Å². The Kier molecular flexibility index (Phi) is 4.41. The van der Waals surface area contributed by atoms with Gasteiger partial charge in [-0.25, -0.2) is 0 Å². The SMILES string of the molecule is O=C1c2ccccc2C(OCC2(CO)CC2)N1Cc1ccc([N+](=O)[O-])cc1. The second-order valence-electron chi connectivity index (χ2n) is 7.27. The van der Waals surface area contributed by atoms with Gasteiger partial charge < -0.3 is 14.7 Å². The van der Waals surface area contributed by atoms with E-state index >= 15 is 0 Å². The van der Waals surface area contributed by atoms with Gasteiger partial charge in [-0.05, 0) is 24.5 Å². The van der Waals surface area contributed by atoms with Crippen molar-refractivity contribution in [3.05, 3.63) is 75.3 Å². The fourth-order valence-corrected chi connectivity index (χ4v) is 3.37. The van der Waals surface area contributed by atoms with E-state index in [9.17, 15) is 20.0 Å². The molecule has 0 radical (unpaired) electrons. The number of fused-ring (bicyclic) bond motifs is 1. The maximum absolute atomic E-state index is 12.9. The van der Waals surface area contributed by atoms with Gasteiger partial charge >= 0.3 is 0 Å². The average Bonchev–Trinajstić information content (AvgIpc) is 3.43. The number of hydrogen-bond donors (Lipinski definition) is 1. The summed E-state index contributed by atoms with van der Waals surface area (Å²) in [7, 11) is 0. The number of carbonyl (C=O) groups is 1. The van der Waals surface area contributed by atoms with Crippen molar-refractivity contribution >= 4 is 11.6 Å². The minimum atomic E-state index is -0.520. The number of nitro benzene ring substituents is 1. The molecule has 140 valence electrons. The molecule has 1 fully saturated rings. The Balaban J connectivity index is 1.57. The number of carbonyl (C=O) groups excluding carboxylic acids is 1. The number of amides is 1. The smallest absolute Gasteiger partial charge is 0.269 e. The van der Waals surface area contributed by atoms with Crippen LogP contribution in [0.5, 0.6) is 0 Å². The molecule has 1 saturated carbocycles. The van der Waals surface area contributed by atoms with E-state index in [4.69, 9.17) is 4.74 Å². The van der Waals surface area contributed by atoms with E-state index in [2.05, 4.69) is 0 Å². The van der Waals surface area contributed by atoms with Crippen molar-refractivity contribution in [2.45, 2.75) is 25.6 Å². The first-order chi connectivity index (χ1) is 13.0. The molecular weight excluding hydrogens is 348 g/mol. The molecule has 0 saturated heterocycles. The maximum Gasteiger partial charge on any atom is 0.269 e. The summed E-state index contributed by atoms with van der Waals surface area (Å²) in [4.78, 5) is 24.9. The molecule has 1 heterocycles. The lowest BCUT2D eigenvalue weighted by molar-refractivity contribution is -0.384. The van der Waals surface area contributed by atoms with Gasteiger partial charge in [-0.2, -0.15) is 0 Å². The maximum atomic E-state index is 12.9. The third-order valence-electron chi connectivity index (χ3n) is 5.34. The van der Waals surface area contributed by atoms with E-state index in [0.29, 0.717) is 18.7 Å². The predicted molar refractivity (Wildman–Crippen MR) is 96.9 cm³/mol. The molecule has 2 aromatic rings. The van der Waals surface area contributed by atoms with Crippen molar-refractivity contribution in [1.82, 2.24) is 4.90 Å². The Bertz CT molecular complexity index is 876. The van der Waals surface area contributed by atoms with Crippen molar-refractivity contribution in [2.24, 2.45) is 5.41 Å². The minimum Gasteiger partial charge on any atom is -0.396 e. The molecule has 1 amide bonds. The Hall–Kier alpha value is -2.77. The summed E-state index contributed by atoms with van der Waals surface area (Å²) in [5.41, 5.74) is 2.05. The molecule has 1 aliphatic heterocycles. The second kappa shape index (κ2) is 6.75. The van der Waals surface area contributed by atoms with Crippen LogP contribution in [0.1, 0.15) is 40.6 Å². The fraction of sp³-hybridized carbons (Fsp3) is 0.350. The number of ether oxygens (including phenoxy) is 1. The monoisotopic (exact) mass is 368 g/mol. The zero-order valence-electron chi connectivity index (χ0n) is 14.7. The van der Waals surface area contributed by atoms with Gasteiger partial charge in [0.05, 0.1) is 18.1 Å². The lowest BCUT2D eigenvalue weighted by Gasteiger charge is -2.27. The minimum absolute atomic E-state index is 0.0150. The lowest BCUT2D eigenvalue weighted by atomic mass is 10.1. The van der Waals surface area contributed by atoms with E-state index in [0.717, 1.165) is 24.0 Å². The number of nitrogens with zero attached hydrogens (tertiary/aromatic N) is 2. The van der Waals surface area contributed by atoms with E-state index in [-0.39, 0.29) is 23.6 Å². The summed E-state index contributed by atoms with van der Waals surface area (Å²) >= 11 is 0. The summed E-state index contributed by atoms with van der Waals surface area (Å²) < 4.78 is 6.10. The number of hydrogen-bond acceptors (Lipinski definition) is 5. The normalized spacial score (nSPS) is 19.8. The highest BCUT2D eigenvalue weighted by Crippen LogP contribution is 2.47. The van der Waals surface area contributed by atoms with Crippen molar-refractivity contribution in [2.75, 3.05) is 13.2 Å². The lowest BCUT2D eigenvalue weighted by Crippen LogP contribution is -2.31. The Morgan fingerprint density at radius 1 is 1.19 bits per heavy atom. The van der Waals surface area contributed by atoms with E-state index < -0.39 is 11.2 Å². The van der Waals surface area contributed by atoms with Gasteiger partial charge in [0.25, 0.3) is 11.6 Å². The molecule has 2 aromatic carbocycles. The molecule has 1 aliphatic carbocycles. The molecular formula is C20H20N2O5. The fourth-order valence-electron chi connectivity index (χ4n) is 3.37. The number of benzene rings is 2. The quantitative estimate of drug-likeness (QED) is 0.599. The van der Waals surface area contributed by atoms with Gasteiger partial charge in [-0.1, -0.05) is 30.3 Å². The molecule has 7 heteroatoms. The largest absolute Gasteiger partial charge is 0.396 e. The summed E-state index contributed by atoms with van der Waals surface area (Å²) in [6.45, 7) is 0.770. The first kappa shape index (κ1) is 17.6. The topological polar surface area (TPSA) is 92.9 Å². The second-order valence-corrected chi connectivity index (χ2v) is 7.27. The van der Waals surface area contributed by atoms with Crippen LogP contribution < -0.4 is 0 Å². The van der Waals surface area contributed by atoms with Crippen LogP contribution in [0.15, 0.2) is 48.5 Å². The summed E-state index contributed by atoms with van der Waals surface area (Å²) in [5.74, 6) is -0.122. The van der Waals surface area contributed by atoms with Crippen molar-refractivity contribution < 1.29 is 19.6 Å². The van der Waals surface area contributed by atoms with Crippen LogP contribution >= 0.6 is 0 Å². The van der Waals surface area contributed by atoms with Crippen LogP contribution in [0.25, 0.3) is 0 Å². The van der Waals surface area contributed by atoms with E-state index in [1.54, 1.807) is 23.1 Å². The number of rotatable bonds is 7. The van der Waals surface area contributed by atoms with Crippen LogP contribution in [0.2, 0.25) is 0 Å². The Morgan fingerprint density at radius 2 is 1.89 bits per heavy atom. The summed E-state index contributed by atoms with van der Waals surface area (Å²) in [6.07, 6.45) is 1.33. The third-order valence-corrected chi connectivity index (χ3v) is 5.34. The molecule has 7 nitrogen and oxygen atoms in total. The van der Waals surface area contributed by atoms with Crippen LogP contribution in [0, 0.1) is 15.5 Å². The highest BCUT2D eigenvalue weighted by atomic mass is 16.6. The standard InChI is InChI=1S/C20H20N2O5/c23-12-20(9-10-20)13-27-19-17-4-2-1-3-16(17)18(24)21(19)11-14-5-7-15(8-6-14)22(25)26/h1-8,19,23H,9-13H2. The molecule has 4 rings (SSSR count). The summed E-state index contributed by atoms with van der Waals surface area (Å²) in [6, 6.07) is 13.5. The zero-order valence-corrected chi connectivity index (χ0v) is 14.7. The van der Waals surface area contributed by atoms with Crippen LogP contribution in [-0.4, -0.2) is 34.1 Å². The van der Waals surface area contributed by atoms with Crippen LogP contribution in [0.3, 0.4) is 0 Å². The van der Waals surface area contributed by atoms with Gasteiger partial charge in [-0.3, -0.25) is 14.9 Å². The summed E-state index contributed by atoms with van der Waals surface area (Å²) in [5, 5.41) is 20.4. The molecule has 2 aliphatic rings. The van der Waals surface area contributed by atoms with Crippen LogP contribution in [0.4, 0.5) is 5.69 Å². The third kappa shape index (κ3) is 3.31. The van der Waals surface area contributed by atoms with Crippen molar-refractivity contribution in [3.8, 4) is 0 Å². The zero-order chi connectivity index (χ0) is 19.0. The number of nitro groups is 1. The van der Waals surface area contributed by atoms with Crippen LogP contribution in [-0.2, 0) is 11.3 Å². The molecule has 1 N–H and O–H groups in total. The highest BCUT2D eigenvalue weighted by Gasteiger charge is 2.45. The Labute approximate surface area is 156 Å². The van der Waals surface area contributed by atoms with Gasteiger partial charge in [0.15, 0.2) is 6.23 Å². The average molecular weight is 368 g/mol. The van der Waals surface area contributed by atoms with E-state index in [1.165, 1.54) is 12.1 Å². The predicted octanol–water partition coefficient (Wildman–Crippen LogP) is 3.04. The van der Waals surface area contributed by atoms with Crippen molar-refractivity contribution in [1.29, 1.82) is 0 Å². The molecule has 0 bridgehead atoms. The molecule has 0 aromatic heterocycles. The van der Waals surface area contributed by atoms with E-state index in [1.807, 2.05) is 18.2 Å². The Morgan fingerprint density at radius 3 is 2.52 bits per heavy atom. The van der Waals surface area contributed by atoms with Crippen molar-refractivity contribution in [3.63, 3.8) is 0 Å². The molecule has 1 unspecified atom stereocenters. The first-order valence-corrected chi connectivity index (χ1v) is 8.89. The number of non-ortho nitro benzene ring substituents is 1.